The minimum absolute atomic E-state index is 0.0577. The Morgan fingerprint density at radius 3 is 2.23 bits per heavy atom. The smallest absolute Gasteiger partial charge is 0.356 e. The van der Waals surface area contributed by atoms with Gasteiger partial charge in [-0.3, -0.25) is 9.59 Å². The van der Waals surface area contributed by atoms with Crippen molar-refractivity contribution in [3.05, 3.63) is 48.1 Å². The van der Waals surface area contributed by atoms with Crippen molar-refractivity contribution in [2.45, 2.75) is 45.4 Å². The van der Waals surface area contributed by atoms with E-state index in [-0.39, 0.29) is 18.8 Å². The predicted molar refractivity (Wildman–Crippen MR) is 112 cm³/mol. The molecule has 0 atom stereocenters. The fourth-order valence-corrected chi connectivity index (χ4v) is 2.65. The number of esters is 1. The molecule has 8 nitrogen and oxygen atoms in total. The van der Waals surface area contributed by atoms with Crippen LogP contribution < -0.4 is 4.74 Å². The molecule has 166 valence electrons. The van der Waals surface area contributed by atoms with E-state index in [1.54, 1.807) is 31.2 Å². The number of benzene rings is 1. The zero-order chi connectivity index (χ0) is 22.6. The summed E-state index contributed by atoms with van der Waals surface area (Å²) < 4.78 is 10.7. The molecule has 0 aliphatic carbocycles. The Morgan fingerprint density at radius 2 is 1.61 bits per heavy atom. The van der Waals surface area contributed by atoms with Gasteiger partial charge < -0.3 is 14.3 Å². The van der Waals surface area contributed by atoms with Crippen molar-refractivity contribution in [2.75, 3.05) is 13.2 Å². The van der Waals surface area contributed by atoms with Gasteiger partial charge in [0.2, 0.25) is 0 Å². The molecule has 1 fully saturated rings. The zero-order valence-corrected chi connectivity index (χ0v) is 17.6. The van der Waals surface area contributed by atoms with E-state index in [1.807, 2.05) is 0 Å². The average molecular weight is 429 g/mol. The number of hydrogen-bond donors (Lipinski definition) is 0. The van der Waals surface area contributed by atoms with Gasteiger partial charge in [0.05, 0.1) is 13.2 Å². The van der Waals surface area contributed by atoms with Gasteiger partial charge in [0.15, 0.2) is 0 Å². The van der Waals surface area contributed by atoms with E-state index < -0.39 is 17.8 Å². The maximum absolute atomic E-state index is 11.8. The van der Waals surface area contributed by atoms with Crippen LogP contribution in [0.25, 0.3) is 6.08 Å². The van der Waals surface area contributed by atoms with E-state index in [1.165, 1.54) is 6.08 Å². The molecule has 0 N–H and O–H groups in total. The molecule has 0 aromatic heterocycles. The number of rotatable bonds is 12. The topological polar surface area (TPSA) is 99.2 Å². The summed E-state index contributed by atoms with van der Waals surface area (Å²) in [6, 6.07) is 7.13. The Bertz CT molecular complexity index is 826. The van der Waals surface area contributed by atoms with Gasteiger partial charge in [0.25, 0.3) is 11.8 Å². The standard InChI is InChI=1S/C23H27NO7/c1-17(2)23(28)30-16-6-4-3-5-15-29-19-10-7-18(8-11-19)9-14-22(27)31-24-20(25)12-13-21(24)26/h7-11,14H,1,3-6,12-13,15-16H2,2H3/b14-9+. The molecule has 0 saturated carbocycles. The number of amides is 2. The SMILES string of the molecule is C=C(C)C(=O)OCCCCCCOc1ccc(/C=C/C(=O)ON2C(=O)CCC2=O)cc1. The Kier molecular flexibility index (Phi) is 9.48. The van der Waals surface area contributed by atoms with E-state index in [2.05, 4.69) is 6.58 Å². The number of ether oxygens (including phenoxy) is 2. The normalized spacial score (nSPS) is 13.5. The molecule has 0 radical (unpaired) electrons. The average Bonchev–Trinajstić information content (AvgIpc) is 3.06. The molecular weight excluding hydrogens is 402 g/mol. The van der Waals surface area contributed by atoms with Crippen molar-refractivity contribution in [2.24, 2.45) is 0 Å². The highest BCUT2D eigenvalue weighted by Crippen LogP contribution is 2.15. The number of nitrogens with zero attached hydrogens (tertiary/aromatic N) is 1. The van der Waals surface area contributed by atoms with Crippen molar-refractivity contribution < 1.29 is 33.5 Å². The van der Waals surface area contributed by atoms with Crippen molar-refractivity contribution >= 4 is 29.8 Å². The first kappa shape index (κ1) is 23.9. The van der Waals surface area contributed by atoms with Gasteiger partial charge in [-0.1, -0.05) is 18.7 Å². The van der Waals surface area contributed by atoms with Gasteiger partial charge >= 0.3 is 11.9 Å². The van der Waals surface area contributed by atoms with Crippen LogP contribution in [-0.4, -0.2) is 42.0 Å². The third kappa shape index (κ3) is 8.46. The molecule has 1 saturated heterocycles. The summed E-state index contributed by atoms with van der Waals surface area (Å²) in [5.41, 5.74) is 1.15. The van der Waals surface area contributed by atoms with E-state index in [0.717, 1.165) is 37.3 Å². The maximum atomic E-state index is 11.8. The highest BCUT2D eigenvalue weighted by molar-refractivity contribution is 6.02. The largest absolute Gasteiger partial charge is 0.494 e. The highest BCUT2D eigenvalue weighted by atomic mass is 16.7. The lowest BCUT2D eigenvalue weighted by atomic mass is 10.2. The molecule has 1 aromatic carbocycles. The molecule has 1 aliphatic rings. The summed E-state index contributed by atoms with van der Waals surface area (Å²) in [6.07, 6.45) is 6.40. The summed E-state index contributed by atoms with van der Waals surface area (Å²) in [6.45, 7) is 6.13. The third-order valence-electron chi connectivity index (χ3n) is 4.37. The second kappa shape index (κ2) is 12.3. The fourth-order valence-electron chi connectivity index (χ4n) is 2.65. The van der Waals surface area contributed by atoms with Crippen LogP contribution in [-0.2, 0) is 28.8 Å². The Labute approximate surface area is 181 Å². The molecular formula is C23H27NO7. The van der Waals surface area contributed by atoms with Crippen molar-refractivity contribution in [1.29, 1.82) is 0 Å². The quantitative estimate of drug-likeness (QED) is 0.217. The van der Waals surface area contributed by atoms with Crippen LogP contribution in [0.2, 0.25) is 0 Å². The summed E-state index contributed by atoms with van der Waals surface area (Å²) in [7, 11) is 0. The van der Waals surface area contributed by atoms with Crippen molar-refractivity contribution in [1.82, 2.24) is 5.06 Å². The van der Waals surface area contributed by atoms with Gasteiger partial charge in [-0.05, 0) is 56.4 Å². The number of imide groups is 1. The van der Waals surface area contributed by atoms with Gasteiger partial charge in [-0.25, -0.2) is 9.59 Å². The van der Waals surface area contributed by atoms with Gasteiger partial charge in [0, 0.05) is 24.5 Å². The number of unbranched alkanes of at least 4 members (excludes halogenated alkanes) is 3. The molecule has 2 amide bonds. The molecule has 0 bridgehead atoms. The molecule has 1 aliphatic heterocycles. The molecule has 2 rings (SSSR count). The predicted octanol–water partition coefficient (Wildman–Crippen LogP) is 3.37. The Balaban J connectivity index is 1.61. The van der Waals surface area contributed by atoms with Gasteiger partial charge in [-0.2, -0.15) is 0 Å². The summed E-state index contributed by atoms with van der Waals surface area (Å²) in [5, 5.41) is 0.512. The number of carbonyl (C=O) groups excluding carboxylic acids is 4. The minimum atomic E-state index is -0.793. The fraction of sp³-hybridized carbons (Fsp3) is 0.391. The number of carbonyl (C=O) groups is 4. The van der Waals surface area contributed by atoms with Crippen molar-refractivity contribution in [3.8, 4) is 5.75 Å². The van der Waals surface area contributed by atoms with Crippen LogP contribution in [0, 0.1) is 0 Å². The van der Waals surface area contributed by atoms with Crippen molar-refractivity contribution in [3.63, 3.8) is 0 Å². The van der Waals surface area contributed by atoms with Crippen LogP contribution in [0.1, 0.15) is 51.0 Å². The lowest BCUT2D eigenvalue weighted by Gasteiger charge is -2.10. The van der Waals surface area contributed by atoms with Crippen LogP contribution in [0.3, 0.4) is 0 Å². The Hall–Kier alpha value is -3.42. The first-order valence-corrected chi connectivity index (χ1v) is 10.2. The van der Waals surface area contributed by atoms with Crippen LogP contribution in [0.15, 0.2) is 42.5 Å². The molecule has 1 heterocycles. The first-order valence-electron chi connectivity index (χ1n) is 10.2. The molecule has 0 unspecified atom stereocenters. The van der Waals surface area contributed by atoms with Crippen LogP contribution in [0.5, 0.6) is 5.75 Å². The van der Waals surface area contributed by atoms with E-state index in [4.69, 9.17) is 14.3 Å². The van der Waals surface area contributed by atoms with Crippen LogP contribution >= 0.6 is 0 Å². The summed E-state index contributed by atoms with van der Waals surface area (Å²) >= 11 is 0. The summed E-state index contributed by atoms with van der Waals surface area (Å²) in [4.78, 5) is 50.6. The Morgan fingerprint density at radius 1 is 1.00 bits per heavy atom. The zero-order valence-electron chi connectivity index (χ0n) is 17.6. The monoisotopic (exact) mass is 429 g/mol. The van der Waals surface area contributed by atoms with E-state index in [9.17, 15) is 19.2 Å². The van der Waals surface area contributed by atoms with Gasteiger partial charge in [0.1, 0.15) is 5.75 Å². The maximum Gasteiger partial charge on any atom is 0.356 e. The second-order valence-corrected chi connectivity index (χ2v) is 7.07. The lowest BCUT2D eigenvalue weighted by molar-refractivity contribution is -0.193. The summed E-state index contributed by atoms with van der Waals surface area (Å²) in [5.74, 6) is -1.46. The lowest BCUT2D eigenvalue weighted by Crippen LogP contribution is -2.31. The third-order valence-corrected chi connectivity index (χ3v) is 4.37. The molecule has 1 aromatic rings. The second-order valence-electron chi connectivity index (χ2n) is 7.07. The number of hydrogen-bond acceptors (Lipinski definition) is 7. The highest BCUT2D eigenvalue weighted by Gasteiger charge is 2.32. The van der Waals surface area contributed by atoms with E-state index >= 15 is 0 Å². The molecule has 0 spiro atoms. The molecule has 8 heteroatoms. The molecule has 31 heavy (non-hydrogen) atoms. The van der Waals surface area contributed by atoms with Crippen LogP contribution in [0.4, 0.5) is 0 Å². The van der Waals surface area contributed by atoms with Gasteiger partial charge in [-0.15, -0.1) is 5.06 Å². The van der Waals surface area contributed by atoms with E-state index in [0.29, 0.717) is 29.6 Å². The first-order chi connectivity index (χ1) is 14.9. The number of hydroxylamine groups is 2. The minimum Gasteiger partial charge on any atom is -0.494 e.